The highest BCUT2D eigenvalue weighted by atomic mass is 16.6. The Bertz CT molecular complexity index is 504. The molecule has 1 amide bonds. The van der Waals surface area contributed by atoms with Crippen molar-refractivity contribution in [2.24, 2.45) is 0 Å². The SMILES string of the molecule is CCOC(=O)C(=O)C[C@H](O)[C@@H](NC(=O)OC(C)(C)C)[C@@H](O)[C@H](O)[C@H](O)CO. The van der Waals surface area contributed by atoms with E-state index in [9.17, 15) is 34.8 Å². The van der Waals surface area contributed by atoms with Gasteiger partial charge in [-0.1, -0.05) is 0 Å². The summed E-state index contributed by atoms with van der Waals surface area (Å²) >= 11 is 0. The summed E-state index contributed by atoms with van der Waals surface area (Å²) in [6.07, 6.45) is -9.49. The van der Waals surface area contributed by atoms with Crippen LogP contribution in [0, 0.1) is 0 Å². The monoisotopic (exact) mass is 395 g/mol. The molecule has 11 nitrogen and oxygen atoms in total. The van der Waals surface area contributed by atoms with Gasteiger partial charge < -0.3 is 40.3 Å². The fourth-order valence-corrected chi connectivity index (χ4v) is 2.01. The van der Waals surface area contributed by atoms with Gasteiger partial charge in [-0.25, -0.2) is 9.59 Å². The van der Waals surface area contributed by atoms with Gasteiger partial charge in [0, 0.05) is 6.42 Å². The third-order valence-corrected chi connectivity index (χ3v) is 3.29. The average molecular weight is 395 g/mol. The smallest absolute Gasteiger partial charge is 0.408 e. The number of alkyl carbamates (subject to hydrolysis) is 1. The third-order valence-electron chi connectivity index (χ3n) is 3.29. The number of hydrogen-bond donors (Lipinski definition) is 6. The van der Waals surface area contributed by atoms with Crippen LogP contribution in [0.4, 0.5) is 4.79 Å². The Hall–Kier alpha value is -1.79. The van der Waals surface area contributed by atoms with Crippen LogP contribution in [0.15, 0.2) is 0 Å². The van der Waals surface area contributed by atoms with Gasteiger partial charge in [-0.3, -0.25) is 4.79 Å². The number of ketones is 1. The van der Waals surface area contributed by atoms with Gasteiger partial charge in [0.1, 0.15) is 23.9 Å². The number of aliphatic hydroxyl groups excluding tert-OH is 5. The van der Waals surface area contributed by atoms with Crippen LogP contribution in [0.25, 0.3) is 0 Å². The summed E-state index contributed by atoms with van der Waals surface area (Å²) in [7, 11) is 0. The van der Waals surface area contributed by atoms with E-state index in [1.54, 1.807) is 20.8 Å². The molecule has 0 aliphatic carbocycles. The molecular weight excluding hydrogens is 366 g/mol. The fraction of sp³-hybridized carbons (Fsp3) is 0.812. The zero-order chi connectivity index (χ0) is 21.4. The van der Waals surface area contributed by atoms with Gasteiger partial charge in [-0.05, 0) is 27.7 Å². The summed E-state index contributed by atoms with van der Waals surface area (Å²) in [6, 6.07) is -1.70. The number of ether oxygens (including phenoxy) is 2. The molecule has 0 aliphatic heterocycles. The van der Waals surface area contributed by atoms with E-state index in [1.165, 1.54) is 6.92 Å². The van der Waals surface area contributed by atoms with Crippen LogP contribution in [0.1, 0.15) is 34.1 Å². The molecule has 0 fully saturated rings. The van der Waals surface area contributed by atoms with Crippen LogP contribution in [-0.2, 0) is 19.1 Å². The Labute approximate surface area is 156 Å². The van der Waals surface area contributed by atoms with Crippen LogP contribution < -0.4 is 5.32 Å². The molecule has 0 radical (unpaired) electrons. The first kappa shape index (κ1) is 25.2. The lowest BCUT2D eigenvalue weighted by Gasteiger charge is -2.33. The molecule has 158 valence electrons. The van der Waals surface area contributed by atoms with Gasteiger partial charge >= 0.3 is 12.1 Å². The first-order valence-electron chi connectivity index (χ1n) is 8.36. The summed E-state index contributed by atoms with van der Waals surface area (Å²) in [5, 5.41) is 50.6. The number of Topliss-reactive ketones (excluding diaryl/α,β-unsaturated/α-hetero) is 1. The molecule has 27 heavy (non-hydrogen) atoms. The van der Waals surface area contributed by atoms with Crippen molar-refractivity contribution in [3.8, 4) is 0 Å². The maximum atomic E-state index is 11.9. The van der Waals surface area contributed by atoms with E-state index in [4.69, 9.17) is 9.84 Å². The van der Waals surface area contributed by atoms with E-state index in [0.29, 0.717) is 0 Å². The lowest BCUT2D eigenvalue weighted by Crippen LogP contribution is -2.58. The van der Waals surface area contributed by atoms with Crippen molar-refractivity contribution in [2.45, 2.75) is 70.2 Å². The molecule has 0 aliphatic rings. The maximum absolute atomic E-state index is 11.9. The molecule has 0 rings (SSSR count). The minimum atomic E-state index is -2.00. The van der Waals surface area contributed by atoms with Crippen LogP contribution in [0.5, 0.6) is 0 Å². The second-order valence-electron chi connectivity index (χ2n) is 6.82. The number of carbonyl (C=O) groups is 3. The van der Waals surface area contributed by atoms with Gasteiger partial charge in [0.25, 0.3) is 0 Å². The number of aliphatic hydroxyl groups is 5. The van der Waals surface area contributed by atoms with E-state index in [1.807, 2.05) is 0 Å². The number of nitrogens with one attached hydrogen (secondary N) is 1. The Balaban J connectivity index is 5.34. The van der Waals surface area contributed by atoms with Gasteiger partial charge in [0.15, 0.2) is 0 Å². The van der Waals surface area contributed by atoms with Crippen molar-refractivity contribution in [2.75, 3.05) is 13.2 Å². The van der Waals surface area contributed by atoms with Crippen molar-refractivity contribution >= 4 is 17.8 Å². The molecule has 11 heteroatoms. The number of amides is 1. The second kappa shape index (κ2) is 11.1. The van der Waals surface area contributed by atoms with Gasteiger partial charge in [0.2, 0.25) is 5.78 Å². The molecule has 0 saturated heterocycles. The fourth-order valence-electron chi connectivity index (χ4n) is 2.01. The van der Waals surface area contributed by atoms with Crippen LogP contribution in [0.2, 0.25) is 0 Å². The van der Waals surface area contributed by atoms with E-state index >= 15 is 0 Å². The molecule has 0 heterocycles. The Morgan fingerprint density at radius 1 is 1.00 bits per heavy atom. The van der Waals surface area contributed by atoms with Crippen molar-refractivity contribution in [3.05, 3.63) is 0 Å². The lowest BCUT2D eigenvalue weighted by molar-refractivity contribution is -0.155. The number of rotatable bonds is 10. The predicted octanol–water partition coefficient (Wildman–Crippen LogP) is -2.16. The molecule has 0 unspecified atom stereocenters. The highest BCUT2D eigenvalue weighted by Crippen LogP contribution is 2.14. The third kappa shape index (κ3) is 9.11. The topological polar surface area (TPSA) is 183 Å². The summed E-state index contributed by atoms with van der Waals surface area (Å²) in [5.74, 6) is -2.33. The maximum Gasteiger partial charge on any atom is 0.408 e. The minimum Gasteiger partial charge on any atom is -0.460 e. The first-order chi connectivity index (χ1) is 12.3. The normalized spacial score (nSPS) is 17.2. The Kier molecular flexibility index (Phi) is 10.4. The van der Waals surface area contributed by atoms with Crippen LogP contribution >= 0.6 is 0 Å². The van der Waals surface area contributed by atoms with Crippen LogP contribution in [-0.4, -0.2) is 92.7 Å². The molecule has 5 atom stereocenters. The largest absolute Gasteiger partial charge is 0.460 e. The number of hydrogen-bond acceptors (Lipinski definition) is 10. The van der Waals surface area contributed by atoms with Crippen LogP contribution in [0.3, 0.4) is 0 Å². The van der Waals surface area contributed by atoms with Gasteiger partial charge in [-0.15, -0.1) is 0 Å². The van der Waals surface area contributed by atoms with Gasteiger partial charge in [-0.2, -0.15) is 0 Å². The van der Waals surface area contributed by atoms with E-state index in [0.717, 1.165) is 0 Å². The molecule has 0 bridgehead atoms. The highest BCUT2D eigenvalue weighted by Gasteiger charge is 2.38. The summed E-state index contributed by atoms with van der Waals surface area (Å²) in [4.78, 5) is 35.1. The standard InChI is InChI=1S/C16H29NO10/c1-5-26-14(24)9(20)6-8(19)11(13(23)12(22)10(21)7-18)17-15(25)27-16(2,3)4/h8,10-13,18-19,21-23H,5-7H2,1-4H3,(H,17,25)/t8-,10+,11+,12+,13+/m0/s1. The summed E-state index contributed by atoms with van der Waals surface area (Å²) < 4.78 is 9.48. The minimum absolute atomic E-state index is 0.0652. The summed E-state index contributed by atoms with van der Waals surface area (Å²) in [5.41, 5.74) is -0.922. The zero-order valence-corrected chi connectivity index (χ0v) is 15.8. The van der Waals surface area contributed by atoms with E-state index < -0.39 is 66.9 Å². The van der Waals surface area contributed by atoms with E-state index in [2.05, 4.69) is 10.1 Å². The molecule has 0 saturated carbocycles. The van der Waals surface area contributed by atoms with Crippen molar-refractivity contribution in [1.29, 1.82) is 0 Å². The average Bonchev–Trinajstić information content (AvgIpc) is 2.56. The predicted molar refractivity (Wildman–Crippen MR) is 90.5 cm³/mol. The van der Waals surface area contributed by atoms with Crippen molar-refractivity contribution in [3.63, 3.8) is 0 Å². The summed E-state index contributed by atoms with van der Waals surface area (Å²) in [6.45, 7) is 5.18. The second-order valence-corrected chi connectivity index (χ2v) is 6.82. The Morgan fingerprint density at radius 2 is 1.56 bits per heavy atom. The molecule has 0 aromatic heterocycles. The number of esters is 1. The van der Waals surface area contributed by atoms with Crippen molar-refractivity contribution in [1.82, 2.24) is 5.32 Å². The van der Waals surface area contributed by atoms with Crippen molar-refractivity contribution < 1.29 is 49.4 Å². The van der Waals surface area contributed by atoms with E-state index in [-0.39, 0.29) is 6.61 Å². The molecule has 6 N–H and O–H groups in total. The molecule has 0 aromatic rings. The number of carbonyl (C=O) groups excluding carboxylic acids is 3. The molecular formula is C16H29NO10. The highest BCUT2D eigenvalue weighted by molar-refractivity contribution is 6.33. The van der Waals surface area contributed by atoms with Gasteiger partial charge in [0.05, 0.1) is 25.4 Å². The lowest BCUT2D eigenvalue weighted by atomic mass is 9.94. The Morgan fingerprint density at radius 3 is 2.00 bits per heavy atom. The first-order valence-corrected chi connectivity index (χ1v) is 8.36. The molecule has 0 spiro atoms. The quantitative estimate of drug-likeness (QED) is 0.176. The molecule has 0 aromatic carbocycles. The zero-order valence-electron chi connectivity index (χ0n) is 15.8.